The molecule has 122 valence electrons. The summed E-state index contributed by atoms with van der Waals surface area (Å²) in [5, 5.41) is 3.91. The molecule has 2 aromatic carbocycles. The van der Waals surface area contributed by atoms with Gasteiger partial charge in [-0.25, -0.2) is 9.86 Å². The van der Waals surface area contributed by atoms with Crippen LogP contribution in [0.1, 0.15) is 23.6 Å². The Morgan fingerprint density at radius 3 is 1.91 bits per heavy atom. The van der Waals surface area contributed by atoms with Gasteiger partial charge in [0.1, 0.15) is 0 Å². The molecule has 23 heavy (non-hydrogen) atoms. The lowest BCUT2D eigenvalue weighted by Gasteiger charge is -2.14. The molecule has 0 unspecified atom stereocenters. The zero-order valence-electron chi connectivity index (χ0n) is 14.0. The van der Waals surface area contributed by atoms with Gasteiger partial charge in [0.2, 0.25) is 0 Å². The maximum absolute atomic E-state index is 11.7. The summed E-state index contributed by atoms with van der Waals surface area (Å²) in [6.45, 7) is 2.17. The van der Waals surface area contributed by atoms with E-state index in [1.807, 2.05) is 24.3 Å². The second kappa shape index (κ2) is 8.34. The Morgan fingerprint density at radius 2 is 1.43 bits per heavy atom. The lowest BCUT2D eigenvalue weighted by Crippen LogP contribution is -2.30. The van der Waals surface area contributed by atoms with E-state index in [4.69, 9.17) is 4.84 Å². The Kier molecular flexibility index (Phi) is 6.18. The highest BCUT2D eigenvalue weighted by Crippen LogP contribution is 2.13. The van der Waals surface area contributed by atoms with Gasteiger partial charge in [0.05, 0.1) is 7.11 Å². The number of nitrogens with one attached hydrogen (secondary N) is 1. The molecule has 0 heterocycles. The first kappa shape index (κ1) is 17.0. The Balaban J connectivity index is 1.88. The minimum atomic E-state index is -0.295. The molecule has 0 saturated heterocycles. The van der Waals surface area contributed by atoms with Crippen molar-refractivity contribution in [3.63, 3.8) is 0 Å². The summed E-state index contributed by atoms with van der Waals surface area (Å²) >= 11 is 0. The summed E-state index contributed by atoms with van der Waals surface area (Å²) < 4.78 is 0. The largest absolute Gasteiger partial charge is 0.345 e. The van der Waals surface area contributed by atoms with E-state index in [-0.39, 0.29) is 6.03 Å². The normalized spacial score (nSPS) is 10.4. The van der Waals surface area contributed by atoms with Crippen LogP contribution in [-0.4, -0.2) is 25.3 Å². The highest BCUT2D eigenvalue weighted by Gasteiger charge is 2.07. The molecule has 0 bridgehead atoms. The Labute approximate surface area is 138 Å². The average molecular weight is 312 g/mol. The molecule has 4 nitrogen and oxygen atoms in total. The van der Waals surface area contributed by atoms with Crippen molar-refractivity contribution >= 4 is 11.7 Å². The monoisotopic (exact) mass is 312 g/mol. The fourth-order valence-electron chi connectivity index (χ4n) is 2.27. The predicted octanol–water partition coefficient (Wildman–Crippen LogP) is 4.06. The maximum atomic E-state index is 11.7. The van der Waals surface area contributed by atoms with Crippen molar-refractivity contribution in [1.29, 1.82) is 0 Å². The molecular weight excluding hydrogens is 288 g/mol. The Hall–Kier alpha value is -2.33. The lowest BCUT2D eigenvalue weighted by atomic mass is 10.0. The van der Waals surface area contributed by atoms with Gasteiger partial charge in [-0.3, -0.25) is 4.84 Å². The molecule has 2 aromatic rings. The highest BCUT2D eigenvalue weighted by atomic mass is 16.7. The molecule has 0 saturated carbocycles. The summed E-state index contributed by atoms with van der Waals surface area (Å²) in [4.78, 5) is 16.5. The van der Waals surface area contributed by atoms with E-state index >= 15 is 0 Å². The topological polar surface area (TPSA) is 41.6 Å². The fraction of sp³-hybridized carbons (Fsp3) is 0.316. The van der Waals surface area contributed by atoms with Gasteiger partial charge in [-0.1, -0.05) is 43.3 Å². The minimum Gasteiger partial charge on any atom is -0.306 e. The van der Waals surface area contributed by atoms with Gasteiger partial charge in [0.15, 0.2) is 0 Å². The molecule has 4 heteroatoms. The first-order valence-corrected chi connectivity index (χ1v) is 7.88. The summed E-state index contributed by atoms with van der Waals surface area (Å²) in [5.74, 6) is 0. The molecule has 0 spiro atoms. The maximum Gasteiger partial charge on any atom is 0.345 e. The molecular formula is C19H24N2O2. The van der Waals surface area contributed by atoms with Gasteiger partial charge in [-0.05, 0) is 48.1 Å². The number of hydrogen-bond acceptors (Lipinski definition) is 2. The first-order chi connectivity index (χ1) is 11.1. The number of hydrogen-bond donors (Lipinski definition) is 1. The van der Waals surface area contributed by atoms with E-state index in [0.717, 1.165) is 30.0 Å². The predicted molar refractivity (Wildman–Crippen MR) is 93.5 cm³/mol. The number of hydroxylamine groups is 2. The van der Waals surface area contributed by atoms with Gasteiger partial charge in [-0.15, -0.1) is 0 Å². The molecule has 0 atom stereocenters. The van der Waals surface area contributed by atoms with Gasteiger partial charge < -0.3 is 5.32 Å². The van der Waals surface area contributed by atoms with Crippen LogP contribution in [0.4, 0.5) is 10.5 Å². The second-order valence-electron chi connectivity index (χ2n) is 5.48. The number of aryl methyl sites for hydroxylation is 3. The molecule has 0 fully saturated rings. The van der Waals surface area contributed by atoms with E-state index in [2.05, 4.69) is 36.5 Å². The van der Waals surface area contributed by atoms with Crippen LogP contribution in [0.25, 0.3) is 0 Å². The zero-order chi connectivity index (χ0) is 16.7. The second-order valence-corrected chi connectivity index (χ2v) is 5.48. The van der Waals surface area contributed by atoms with E-state index in [1.54, 1.807) is 7.05 Å². The van der Waals surface area contributed by atoms with Gasteiger partial charge >= 0.3 is 6.03 Å². The highest BCUT2D eigenvalue weighted by molar-refractivity contribution is 5.88. The van der Waals surface area contributed by atoms with Crippen LogP contribution >= 0.6 is 0 Å². The van der Waals surface area contributed by atoms with Crippen LogP contribution in [0.15, 0.2) is 48.5 Å². The number of nitrogens with zero attached hydrogens (tertiary/aromatic N) is 1. The molecule has 1 N–H and O–H groups in total. The van der Waals surface area contributed by atoms with Crippen molar-refractivity contribution in [3.8, 4) is 0 Å². The van der Waals surface area contributed by atoms with Gasteiger partial charge in [-0.2, -0.15) is 0 Å². The van der Waals surface area contributed by atoms with Crippen molar-refractivity contribution in [2.24, 2.45) is 0 Å². The number of carbonyl (C=O) groups excluding carboxylic acids is 1. The number of rotatable bonds is 6. The number of benzene rings is 2. The van der Waals surface area contributed by atoms with Crippen molar-refractivity contribution in [2.45, 2.75) is 26.2 Å². The van der Waals surface area contributed by atoms with Crippen LogP contribution in [0.5, 0.6) is 0 Å². The Bertz CT molecular complexity index is 621. The van der Waals surface area contributed by atoms with Gasteiger partial charge in [0, 0.05) is 12.7 Å². The van der Waals surface area contributed by atoms with E-state index in [0.29, 0.717) is 0 Å². The van der Waals surface area contributed by atoms with Crippen LogP contribution in [0.2, 0.25) is 0 Å². The third-order valence-corrected chi connectivity index (χ3v) is 3.90. The summed E-state index contributed by atoms with van der Waals surface area (Å²) in [5.41, 5.74) is 4.73. The lowest BCUT2D eigenvalue weighted by molar-refractivity contribution is -0.0598. The number of carbonyl (C=O) groups is 1. The fourth-order valence-corrected chi connectivity index (χ4v) is 2.27. The molecule has 0 aliphatic heterocycles. The molecule has 0 aliphatic carbocycles. The first-order valence-electron chi connectivity index (χ1n) is 7.88. The number of anilines is 1. The van der Waals surface area contributed by atoms with Crippen LogP contribution in [0, 0.1) is 0 Å². The molecule has 0 aliphatic rings. The summed E-state index contributed by atoms with van der Waals surface area (Å²) in [6.07, 6.45) is 3.07. The third-order valence-electron chi connectivity index (χ3n) is 3.90. The van der Waals surface area contributed by atoms with Crippen LogP contribution in [-0.2, 0) is 24.1 Å². The summed E-state index contributed by atoms with van der Waals surface area (Å²) in [6, 6.07) is 16.4. The van der Waals surface area contributed by atoms with E-state index in [9.17, 15) is 4.79 Å². The van der Waals surface area contributed by atoms with Crippen molar-refractivity contribution in [1.82, 2.24) is 5.06 Å². The van der Waals surface area contributed by atoms with Gasteiger partial charge in [0.25, 0.3) is 0 Å². The van der Waals surface area contributed by atoms with Crippen molar-refractivity contribution in [2.75, 3.05) is 19.5 Å². The minimum absolute atomic E-state index is 0.295. The smallest absolute Gasteiger partial charge is 0.306 e. The molecule has 2 rings (SSSR count). The van der Waals surface area contributed by atoms with Crippen molar-refractivity contribution in [3.05, 3.63) is 65.2 Å². The molecule has 0 aromatic heterocycles. The number of urea groups is 1. The zero-order valence-corrected chi connectivity index (χ0v) is 14.0. The summed E-state index contributed by atoms with van der Waals surface area (Å²) in [7, 11) is 3.02. The number of amides is 2. The quantitative estimate of drug-likeness (QED) is 0.817. The average Bonchev–Trinajstić information content (AvgIpc) is 2.60. The van der Waals surface area contributed by atoms with E-state index in [1.165, 1.54) is 23.8 Å². The SMILES string of the molecule is CCc1ccc(CCc2ccc(NC(=O)N(C)OC)cc2)cc1. The third kappa shape index (κ3) is 5.11. The van der Waals surface area contributed by atoms with Crippen LogP contribution in [0.3, 0.4) is 0 Å². The molecule has 2 amide bonds. The standard InChI is InChI=1S/C19H24N2O2/c1-4-15-5-7-16(8-6-15)9-10-17-11-13-18(14-12-17)20-19(22)21(2)23-3/h5-8,11-14H,4,9-10H2,1-3H3,(H,20,22). The molecule has 0 radical (unpaired) electrons. The van der Waals surface area contributed by atoms with Crippen molar-refractivity contribution < 1.29 is 9.63 Å². The van der Waals surface area contributed by atoms with Crippen LogP contribution < -0.4 is 5.32 Å². The van der Waals surface area contributed by atoms with E-state index < -0.39 is 0 Å². The Morgan fingerprint density at radius 1 is 0.957 bits per heavy atom.